The van der Waals surface area contributed by atoms with E-state index >= 15 is 0 Å². The summed E-state index contributed by atoms with van der Waals surface area (Å²) >= 11 is 23.0. The molecule has 0 saturated carbocycles. The van der Waals surface area contributed by atoms with E-state index < -0.39 is 6.49 Å². The van der Waals surface area contributed by atoms with Gasteiger partial charge in [-0.15, -0.1) is 0 Å². The fraction of sp³-hybridized carbons (Fsp3) is 0.273. The molecule has 6 heteroatoms. The molecule has 0 bridgehead atoms. The van der Waals surface area contributed by atoms with Gasteiger partial charge in [-0.1, -0.05) is 52.5 Å². The molecule has 94 valence electrons. The zero-order chi connectivity index (χ0) is 13.4. The summed E-state index contributed by atoms with van der Waals surface area (Å²) < 4.78 is 12.1. The van der Waals surface area contributed by atoms with Crippen molar-refractivity contribution in [3.63, 3.8) is 0 Å². The van der Waals surface area contributed by atoms with Crippen LogP contribution < -0.4 is 5.30 Å². The van der Waals surface area contributed by atoms with Crippen molar-refractivity contribution in [3.05, 3.63) is 38.1 Å². The van der Waals surface area contributed by atoms with Crippen molar-refractivity contribution in [3.8, 4) is 0 Å². The quantitative estimate of drug-likeness (QED) is 0.645. The van der Waals surface area contributed by atoms with E-state index in [4.69, 9.17) is 46.0 Å². The lowest BCUT2D eigenvalue weighted by Gasteiger charge is -2.16. The SMILES string of the molecule is Cc1cc(C)c(P(=O)(Cl)C(Cl)=C(Cl)Cl)c(C)c1. The Balaban J connectivity index is 3.56. The van der Waals surface area contributed by atoms with E-state index in [1.165, 1.54) is 0 Å². The number of aryl methyl sites for hydroxylation is 3. The number of benzene rings is 1. The summed E-state index contributed by atoms with van der Waals surface area (Å²) in [4.78, 5) is 0. The van der Waals surface area contributed by atoms with Crippen molar-refractivity contribution in [1.82, 2.24) is 0 Å². The summed E-state index contributed by atoms with van der Waals surface area (Å²) in [6.45, 7) is 2.18. The van der Waals surface area contributed by atoms with E-state index in [1.807, 2.05) is 32.9 Å². The molecule has 0 aromatic heterocycles. The van der Waals surface area contributed by atoms with Crippen molar-refractivity contribution in [2.24, 2.45) is 0 Å². The molecule has 0 fully saturated rings. The number of hydrogen-bond donors (Lipinski definition) is 0. The second-order valence-electron chi connectivity index (χ2n) is 3.83. The van der Waals surface area contributed by atoms with Crippen LogP contribution in [0.4, 0.5) is 0 Å². The topological polar surface area (TPSA) is 17.1 Å². The highest BCUT2D eigenvalue weighted by molar-refractivity contribution is 7.99. The van der Waals surface area contributed by atoms with E-state index in [0.29, 0.717) is 5.30 Å². The van der Waals surface area contributed by atoms with E-state index in [1.54, 1.807) is 0 Å². The second-order valence-corrected chi connectivity index (χ2v) is 8.81. The third kappa shape index (κ3) is 3.22. The highest BCUT2D eigenvalue weighted by atomic mass is 35.7. The summed E-state index contributed by atoms with van der Waals surface area (Å²) in [6.07, 6.45) is 0. The minimum Gasteiger partial charge on any atom is -0.295 e. The third-order valence-corrected chi connectivity index (χ3v) is 7.35. The molecule has 17 heavy (non-hydrogen) atoms. The molecule has 0 radical (unpaired) electrons. The van der Waals surface area contributed by atoms with Gasteiger partial charge in [0.2, 0.25) is 6.49 Å². The monoisotopic (exact) mass is 330 g/mol. The van der Waals surface area contributed by atoms with Crippen molar-refractivity contribution in [2.75, 3.05) is 0 Å². The standard InChI is InChI=1S/C11H11Cl4OP/c1-6-4-7(2)9(8(3)5-6)17(15,16)11(14)10(12)13/h4-5H,1-3H3. The number of hydrogen-bond acceptors (Lipinski definition) is 1. The fourth-order valence-electron chi connectivity index (χ4n) is 1.83. The average molecular weight is 332 g/mol. The summed E-state index contributed by atoms with van der Waals surface area (Å²) in [5, 5.41) is 0.508. The Morgan fingerprint density at radius 3 is 1.82 bits per heavy atom. The molecular formula is C11H11Cl4OP. The van der Waals surface area contributed by atoms with Crippen LogP contribution in [0.2, 0.25) is 0 Å². The fourth-order valence-corrected chi connectivity index (χ4v) is 5.56. The summed E-state index contributed by atoms with van der Waals surface area (Å²) in [5.41, 5.74) is 2.69. The normalized spacial score (nSPS) is 14.3. The second kappa shape index (κ2) is 5.55. The molecule has 1 aromatic rings. The van der Waals surface area contributed by atoms with Gasteiger partial charge in [0.1, 0.15) is 9.26 Å². The van der Waals surface area contributed by atoms with Gasteiger partial charge in [0.05, 0.1) is 0 Å². The van der Waals surface area contributed by atoms with Crippen molar-refractivity contribution >= 4 is 57.8 Å². The van der Waals surface area contributed by atoms with Crippen LogP contribution in [0.1, 0.15) is 16.7 Å². The minimum atomic E-state index is -3.43. The lowest BCUT2D eigenvalue weighted by atomic mass is 10.1. The predicted molar refractivity (Wildman–Crippen MR) is 78.3 cm³/mol. The smallest absolute Gasteiger partial charge is 0.239 e. The summed E-state index contributed by atoms with van der Waals surface area (Å²) in [7, 11) is 0. The first kappa shape index (κ1) is 15.4. The maximum atomic E-state index is 12.5. The number of halogens is 4. The highest BCUT2D eigenvalue weighted by Crippen LogP contribution is 2.62. The molecule has 1 atom stereocenters. The van der Waals surface area contributed by atoms with Gasteiger partial charge in [-0.25, -0.2) is 0 Å². The van der Waals surface area contributed by atoms with Crippen molar-refractivity contribution < 1.29 is 4.57 Å². The van der Waals surface area contributed by atoms with Gasteiger partial charge in [-0.2, -0.15) is 0 Å². The van der Waals surface area contributed by atoms with Gasteiger partial charge < -0.3 is 0 Å². The van der Waals surface area contributed by atoms with Crippen molar-refractivity contribution in [1.29, 1.82) is 0 Å². The van der Waals surface area contributed by atoms with Crippen LogP contribution in [-0.2, 0) is 4.57 Å². The molecule has 0 aliphatic carbocycles. The maximum absolute atomic E-state index is 12.5. The van der Waals surface area contributed by atoms with Gasteiger partial charge in [0.15, 0.2) is 0 Å². The molecule has 0 amide bonds. The van der Waals surface area contributed by atoms with Crippen LogP contribution in [0.25, 0.3) is 0 Å². The molecule has 1 rings (SSSR count). The molecule has 1 aromatic carbocycles. The molecular weight excluding hydrogens is 321 g/mol. The highest BCUT2D eigenvalue weighted by Gasteiger charge is 2.31. The van der Waals surface area contributed by atoms with Crippen LogP contribution in [0, 0.1) is 20.8 Å². The van der Waals surface area contributed by atoms with Crippen LogP contribution in [-0.4, -0.2) is 0 Å². The van der Waals surface area contributed by atoms with E-state index in [0.717, 1.165) is 16.7 Å². The van der Waals surface area contributed by atoms with Gasteiger partial charge in [0, 0.05) is 5.30 Å². The Bertz CT molecular complexity index is 509. The first-order chi connectivity index (χ1) is 7.67. The van der Waals surface area contributed by atoms with Crippen molar-refractivity contribution in [2.45, 2.75) is 20.8 Å². The van der Waals surface area contributed by atoms with Gasteiger partial charge in [-0.3, -0.25) is 4.57 Å². The lowest BCUT2D eigenvalue weighted by molar-refractivity contribution is 0.594. The van der Waals surface area contributed by atoms with Gasteiger partial charge in [-0.05, 0) is 43.1 Å². The van der Waals surface area contributed by atoms with Gasteiger partial charge in [0.25, 0.3) is 0 Å². The molecule has 0 aliphatic heterocycles. The van der Waals surface area contributed by atoms with Gasteiger partial charge >= 0.3 is 0 Å². The Morgan fingerprint density at radius 2 is 1.47 bits per heavy atom. The van der Waals surface area contributed by atoms with Crippen LogP contribution in [0.5, 0.6) is 0 Å². The molecule has 1 nitrogen and oxygen atoms in total. The Morgan fingerprint density at radius 1 is 1.06 bits per heavy atom. The summed E-state index contributed by atoms with van der Waals surface area (Å²) in [5.74, 6) is 0. The lowest BCUT2D eigenvalue weighted by Crippen LogP contribution is -2.11. The molecule has 0 N–H and O–H groups in total. The predicted octanol–water partition coefficient (Wildman–Crippen LogP) is 5.60. The first-order valence-electron chi connectivity index (χ1n) is 4.77. The number of rotatable bonds is 2. The first-order valence-corrected chi connectivity index (χ1v) is 8.52. The van der Waals surface area contributed by atoms with E-state index in [9.17, 15) is 4.57 Å². The van der Waals surface area contributed by atoms with Crippen LogP contribution >= 0.6 is 52.5 Å². The summed E-state index contributed by atoms with van der Waals surface area (Å²) in [6, 6.07) is 3.79. The largest absolute Gasteiger partial charge is 0.295 e. The molecule has 0 aliphatic rings. The molecule has 1 unspecified atom stereocenters. The molecule has 0 saturated heterocycles. The average Bonchev–Trinajstić information content (AvgIpc) is 2.13. The Kier molecular flexibility index (Phi) is 5.03. The Labute approximate surface area is 121 Å². The minimum absolute atomic E-state index is 0.197. The molecule has 0 spiro atoms. The van der Waals surface area contributed by atoms with Crippen LogP contribution in [0.15, 0.2) is 21.4 Å². The molecule has 0 heterocycles. The van der Waals surface area contributed by atoms with Crippen LogP contribution in [0.3, 0.4) is 0 Å². The zero-order valence-electron chi connectivity index (χ0n) is 9.52. The maximum Gasteiger partial charge on any atom is 0.239 e. The van der Waals surface area contributed by atoms with E-state index in [2.05, 4.69) is 0 Å². The van der Waals surface area contributed by atoms with E-state index in [-0.39, 0.29) is 9.26 Å². The zero-order valence-corrected chi connectivity index (χ0v) is 13.4. The Hall–Kier alpha value is 0.350. The third-order valence-electron chi connectivity index (χ3n) is 2.33.